The van der Waals surface area contributed by atoms with Crippen LogP contribution >= 0.6 is 0 Å². The molecule has 1 aliphatic heterocycles. The first-order chi connectivity index (χ1) is 15.2. The number of hydrogen-bond donors (Lipinski definition) is 4. The molecule has 0 unspecified atom stereocenters. The Kier molecular flexibility index (Phi) is 6.91. The Morgan fingerprint density at radius 3 is 2.39 bits per heavy atom. The maximum atomic E-state index is 5.96. The number of ether oxygens (including phenoxy) is 1. The number of nitrogen functional groups attached to an aromatic ring is 1. The number of benzene rings is 2. The van der Waals surface area contributed by atoms with Gasteiger partial charge in [0, 0.05) is 6.42 Å². The number of anilines is 3. The second kappa shape index (κ2) is 10.2. The molecule has 0 bridgehead atoms. The van der Waals surface area contributed by atoms with Crippen molar-refractivity contribution in [3.8, 4) is 5.75 Å². The Balaban J connectivity index is 1.31. The van der Waals surface area contributed by atoms with Gasteiger partial charge in [-0.3, -0.25) is 0 Å². The van der Waals surface area contributed by atoms with Crippen molar-refractivity contribution < 1.29 is 14.5 Å². The summed E-state index contributed by atoms with van der Waals surface area (Å²) >= 11 is 0. The number of methoxy groups -OCH3 is 1. The molecule has 2 aromatic carbocycles. The topological polar surface area (TPSA) is 94.8 Å². The Labute approximate surface area is 183 Å². The van der Waals surface area contributed by atoms with Gasteiger partial charge in [-0.2, -0.15) is 15.0 Å². The molecule has 0 saturated carbocycles. The zero-order valence-corrected chi connectivity index (χ0v) is 18.0. The van der Waals surface area contributed by atoms with Gasteiger partial charge in [-0.05, 0) is 17.7 Å². The average Bonchev–Trinajstić information content (AvgIpc) is 2.79. The molecule has 0 aliphatic carbocycles. The van der Waals surface area contributed by atoms with Crippen LogP contribution in [0.25, 0.3) is 0 Å². The lowest BCUT2D eigenvalue weighted by Gasteiger charge is -2.29. The molecule has 0 atom stereocenters. The molecule has 8 heteroatoms. The normalized spacial score (nSPS) is 18.5. The molecular formula is C23H31N7O+2. The van der Waals surface area contributed by atoms with Crippen LogP contribution in [0, 0.1) is 0 Å². The molecule has 5 N–H and O–H groups in total. The summed E-state index contributed by atoms with van der Waals surface area (Å²) in [7, 11) is 1.64. The Morgan fingerprint density at radius 1 is 0.903 bits per heavy atom. The molecule has 31 heavy (non-hydrogen) atoms. The van der Waals surface area contributed by atoms with Crippen molar-refractivity contribution >= 4 is 17.6 Å². The van der Waals surface area contributed by atoms with Crippen molar-refractivity contribution in [1.29, 1.82) is 0 Å². The molecule has 2 heterocycles. The predicted molar refractivity (Wildman–Crippen MR) is 121 cm³/mol. The van der Waals surface area contributed by atoms with Crippen LogP contribution in [0.2, 0.25) is 0 Å². The number of rotatable bonds is 8. The first kappa shape index (κ1) is 21.0. The lowest BCUT2D eigenvalue weighted by molar-refractivity contribution is -1.02. The number of piperazine rings is 1. The highest BCUT2D eigenvalue weighted by Gasteiger charge is 2.24. The maximum Gasteiger partial charge on any atom is 0.232 e. The smallest absolute Gasteiger partial charge is 0.232 e. The third-order valence-electron chi connectivity index (χ3n) is 5.73. The summed E-state index contributed by atoms with van der Waals surface area (Å²) in [5.74, 6) is 2.11. The molecule has 1 aromatic heterocycles. The van der Waals surface area contributed by atoms with E-state index in [-0.39, 0.29) is 5.95 Å². The van der Waals surface area contributed by atoms with Crippen LogP contribution in [0.1, 0.15) is 11.4 Å². The largest absolute Gasteiger partial charge is 0.495 e. The quantitative estimate of drug-likeness (QED) is 0.400. The van der Waals surface area contributed by atoms with Gasteiger partial charge in [0.25, 0.3) is 0 Å². The van der Waals surface area contributed by atoms with E-state index in [0.29, 0.717) is 11.8 Å². The van der Waals surface area contributed by atoms with Crippen LogP contribution in [-0.4, -0.2) is 54.8 Å². The monoisotopic (exact) mass is 421 g/mol. The van der Waals surface area contributed by atoms with Crippen molar-refractivity contribution in [2.24, 2.45) is 0 Å². The third-order valence-corrected chi connectivity index (χ3v) is 5.73. The summed E-state index contributed by atoms with van der Waals surface area (Å²) in [4.78, 5) is 16.4. The van der Waals surface area contributed by atoms with E-state index in [1.807, 2.05) is 24.3 Å². The van der Waals surface area contributed by atoms with E-state index in [1.54, 1.807) is 12.0 Å². The zero-order chi connectivity index (χ0) is 21.5. The van der Waals surface area contributed by atoms with Gasteiger partial charge >= 0.3 is 0 Å². The Hall–Kier alpha value is -3.23. The summed E-state index contributed by atoms with van der Waals surface area (Å²) < 4.78 is 5.39. The first-order valence-corrected chi connectivity index (χ1v) is 10.8. The molecule has 8 nitrogen and oxygen atoms in total. The van der Waals surface area contributed by atoms with E-state index in [1.165, 1.54) is 17.0 Å². The number of quaternary nitrogens is 2. The number of nitrogens with zero attached hydrogens (tertiary/aromatic N) is 3. The summed E-state index contributed by atoms with van der Waals surface area (Å²) in [5.41, 5.74) is 8.17. The molecule has 1 fully saturated rings. The standard InChI is InChI=1S/C23H29N7O/c1-31-20-10-6-5-9-19(20)25-23-27-21(26-22(24)28-23)17-30-15-13-29(14-16-30)12-11-18-7-3-2-4-8-18/h2-10H,11-17H2,1H3,(H3,24,25,26,27,28)/p+2. The van der Waals surface area contributed by atoms with Crippen LogP contribution in [0.4, 0.5) is 17.6 Å². The van der Waals surface area contributed by atoms with Crippen molar-refractivity contribution in [3.63, 3.8) is 0 Å². The highest BCUT2D eigenvalue weighted by atomic mass is 16.5. The molecule has 0 spiro atoms. The second-order valence-corrected chi connectivity index (χ2v) is 7.92. The number of hydrogen-bond acceptors (Lipinski definition) is 6. The lowest BCUT2D eigenvalue weighted by Crippen LogP contribution is -3.27. The van der Waals surface area contributed by atoms with Gasteiger partial charge in [0.05, 0.1) is 19.3 Å². The average molecular weight is 422 g/mol. The number of nitrogens with two attached hydrogens (primary N) is 1. The fourth-order valence-corrected chi connectivity index (χ4v) is 4.01. The maximum absolute atomic E-state index is 5.96. The van der Waals surface area contributed by atoms with Crippen LogP contribution in [0.3, 0.4) is 0 Å². The van der Waals surface area contributed by atoms with E-state index < -0.39 is 0 Å². The first-order valence-electron chi connectivity index (χ1n) is 10.8. The van der Waals surface area contributed by atoms with E-state index in [2.05, 4.69) is 50.6 Å². The molecule has 1 aliphatic rings. The fourth-order valence-electron chi connectivity index (χ4n) is 4.01. The van der Waals surface area contributed by atoms with Gasteiger partial charge in [-0.15, -0.1) is 0 Å². The lowest BCUT2D eigenvalue weighted by atomic mass is 10.1. The van der Waals surface area contributed by atoms with E-state index >= 15 is 0 Å². The second-order valence-electron chi connectivity index (χ2n) is 7.92. The van der Waals surface area contributed by atoms with Gasteiger partial charge in [-0.25, -0.2) is 0 Å². The predicted octanol–water partition coefficient (Wildman–Crippen LogP) is -0.268. The van der Waals surface area contributed by atoms with Crippen LogP contribution in [-0.2, 0) is 13.0 Å². The minimum absolute atomic E-state index is 0.230. The van der Waals surface area contributed by atoms with E-state index in [0.717, 1.165) is 50.6 Å². The molecule has 4 rings (SSSR count). The van der Waals surface area contributed by atoms with Gasteiger partial charge < -0.3 is 25.6 Å². The SMILES string of the molecule is COc1ccccc1Nc1nc(N)nc(C[NH+]2CC[NH+](CCc3ccccc3)CC2)n1. The van der Waals surface area contributed by atoms with Crippen molar-refractivity contribution in [2.45, 2.75) is 13.0 Å². The summed E-state index contributed by atoms with van der Waals surface area (Å²) in [6.07, 6.45) is 1.13. The van der Waals surface area contributed by atoms with Gasteiger partial charge in [0.1, 0.15) is 38.5 Å². The van der Waals surface area contributed by atoms with Crippen molar-refractivity contribution in [1.82, 2.24) is 15.0 Å². The number of nitrogens with one attached hydrogen (secondary N) is 3. The number of para-hydroxylation sites is 2. The highest BCUT2D eigenvalue weighted by Crippen LogP contribution is 2.25. The minimum atomic E-state index is 0.230. The highest BCUT2D eigenvalue weighted by molar-refractivity contribution is 5.62. The van der Waals surface area contributed by atoms with Crippen molar-refractivity contribution in [3.05, 3.63) is 66.0 Å². The Morgan fingerprint density at radius 2 is 1.61 bits per heavy atom. The zero-order valence-electron chi connectivity index (χ0n) is 18.0. The molecule has 162 valence electrons. The van der Waals surface area contributed by atoms with Gasteiger partial charge in [0.2, 0.25) is 11.9 Å². The summed E-state index contributed by atoms with van der Waals surface area (Å²) in [6, 6.07) is 18.4. The molecular weight excluding hydrogens is 390 g/mol. The van der Waals surface area contributed by atoms with E-state index in [4.69, 9.17) is 10.5 Å². The fraction of sp³-hybridized carbons (Fsp3) is 0.348. The summed E-state index contributed by atoms with van der Waals surface area (Å²) in [5, 5.41) is 3.20. The van der Waals surface area contributed by atoms with E-state index in [9.17, 15) is 0 Å². The van der Waals surface area contributed by atoms with Crippen molar-refractivity contribution in [2.75, 3.05) is 50.9 Å². The van der Waals surface area contributed by atoms with Crippen LogP contribution < -0.4 is 25.6 Å². The molecule has 0 amide bonds. The van der Waals surface area contributed by atoms with Gasteiger partial charge in [0.15, 0.2) is 5.82 Å². The summed E-state index contributed by atoms with van der Waals surface area (Å²) in [6.45, 7) is 6.46. The molecule has 3 aromatic rings. The molecule has 0 radical (unpaired) electrons. The third kappa shape index (κ3) is 5.90. The van der Waals surface area contributed by atoms with Crippen LogP contribution in [0.5, 0.6) is 5.75 Å². The minimum Gasteiger partial charge on any atom is -0.495 e. The number of aromatic nitrogens is 3. The van der Waals surface area contributed by atoms with Crippen LogP contribution in [0.15, 0.2) is 54.6 Å². The Bertz CT molecular complexity index is 975. The molecule has 1 saturated heterocycles. The van der Waals surface area contributed by atoms with Gasteiger partial charge in [-0.1, -0.05) is 42.5 Å².